The number of carbonyl (C=O) groups is 2. The maximum atomic E-state index is 12.5. The maximum Gasteiger partial charge on any atom is 0.341 e. The van der Waals surface area contributed by atoms with Gasteiger partial charge in [0.2, 0.25) is 0 Å². The molecule has 0 bridgehead atoms. The number of fused-ring (bicyclic) bond motifs is 3. The summed E-state index contributed by atoms with van der Waals surface area (Å²) >= 11 is 0. The summed E-state index contributed by atoms with van der Waals surface area (Å²) in [6, 6.07) is 9.46. The quantitative estimate of drug-likeness (QED) is 0.570. The van der Waals surface area contributed by atoms with Gasteiger partial charge in [-0.1, -0.05) is 12.1 Å². The maximum absolute atomic E-state index is 12.5. The highest BCUT2D eigenvalue weighted by Crippen LogP contribution is 2.25. The fourth-order valence-electron chi connectivity index (χ4n) is 2.89. The van der Waals surface area contributed by atoms with Gasteiger partial charge in [-0.05, 0) is 32.0 Å². The summed E-state index contributed by atoms with van der Waals surface area (Å²) in [7, 11) is 0. The number of rotatable bonds is 4. The van der Waals surface area contributed by atoms with Crippen molar-refractivity contribution < 1.29 is 19.1 Å². The van der Waals surface area contributed by atoms with E-state index in [9.17, 15) is 14.4 Å². The molecular formula is C19H18N2O5. The molecule has 3 rings (SSSR count). The minimum absolute atomic E-state index is 0.0382. The van der Waals surface area contributed by atoms with Crippen LogP contribution in [0.3, 0.4) is 0 Å². The van der Waals surface area contributed by atoms with E-state index in [1.807, 2.05) is 0 Å². The first-order valence-electron chi connectivity index (χ1n) is 8.20. The summed E-state index contributed by atoms with van der Waals surface area (Å²) in [4.78, 5) is 37.2. The molecule has 0 unspecified atom stereocenters. The lowest BCUT2D eigenvalue weighted by Crippen LogP contribution is -2.18. The van der Waals surface area contributed by atoms with E-state index in [2.05, 4.69) is 0 Å². The number of nitrogens with zero attached hydrogens (tertiary/aromatic N) is 1. The Balaban J connectivity index is 2.49. The number of hydrogen-bond acceptors (Lipinski definition) is 6. The molecular weight excluding hydrogens is 336 g/mol. The van der Waals surface area contributed by atoms with Crippen LogP contribution in [-0.2, 0) is 9.47 Å². The molecule has 3 aromatic rings. The number of pyridine rings is 2. The Labute approximate surface area is 148 Å². The molecule has 134 valence electrons. The average molecular weight is 354 g/mol. The molecule has 0 spiro atoms. The third-order valence-electron chi connectivity index (χ3n) is 3.99. The highest BCUT2D eigenvalue weighted by molar-refractivity contribution is 6.04. The molecule has 2 aromatic heterocycles. The van der Waals surface area contributed by atoms with E-state index in [1.54, 1.807) is 38.1 Å². The molecule has 0 atom stereocenters. The van der Waals surface area contributed by atoms with Crippen LogP contribution in [0.4, 0.5) is 5.82 Å². The van der Waals surface area contributed by atoms with E-state index in [4.69, 9.17) is 15.2 Å². The molecule has 0 aliphatic carbocycles. The van der Waals surface area contributed by atoms with Gasteiger partial charge in [0.15, 0.2) is 5.43 Å². The van der Waals surface area contributed by atoms with Gasteiger partial charge in [0.1, 0.15) is 11.4 Å². The van der Waals surface area contributed by atoms with Crippen molar-refractivity contribution in [1.82, 2.24) is 4.40 Å². The molecule has 0 saturated carbocycles. The molecule has 0 radical (unpaired) electrons. The summed E-state index contributed by atoms with van der Waals surface area (Å²) < 4.78 is 11.6. The van der Waals surface area contributed by atoms with Gasteiger partial charge in [-0.25, -0.2) is 9.59 Å². The van der Waals surface area contributed by atoms with Crippen molar-refractivity contribution in [3.63, 3.8) is 0 Å². The van der Waals surface area contributed by atoms with Crippen LogP contribution in [0, 0.1) is 0 Å². The number of anilines is 1. The standard InChI is InChI=1S/C19H18N2O5/c1-3-25-18(23)12-9-13(19(24)26-4-2)17(20)21-14-8-6-5-7-11(14)16(22)10-15(12)21/h5-10H,3-4,20H2,1-2H3. The van der Waals surface area contributed by atoms with E-state index >= 15 is 0 Å². The fraction of sp³-hybridized carbons (Fsp3) is 0.211. The first-order chi connectivity index (χ1) is 12.5. The number of hydrogen-bond donors (Lipinski definition) is 1. The monoisotopic (exact) mass is 354 g/mol. The Kier molecular flexibility index (Phi) is 4.62. The largest absolute Gasteiger partial charge is 0.462 e. The second-order valence-corrected chi connectivity index (χ2v) is 5.54. The zero-order valence-electron chi connectivity index (χ0n) is 14.4. The van der Waals surface area contributed by atoms with Crippen molar-refractivity contribution in [2.45, 2.75) is 13.8 Å². The van der Waals surface area contributed by atoms with E-state index in [0.717, 1.165) is 0 Å². The molecule has 7 nitrogen and oxygen atoms in total. The van der Waals surface area contributed by atoms with Crippen molar-refractivity contribution in [2.24, 2.45) is 0 Å². The molecule has 2 N–H and O–H groups in total. The molecule has 2 heterocycles. The van der Waals surface area contributed by atoms with E-state index in [0.29, 0.717) is 10.9 Å². The van der Waals surface area contributed by atoms with Gasteiger partial charge in [-0.2, -0.15) is 0 Å². The average Bonchev–Trinajstić information content (AvgIpc) is 2.62. The van der Waals surface area contributed by atoms with Crippen molar-refractivity contribution >= 4 is 34.2 Å². The predicted molar refractivity (Wildman–Crippen MR) is 97.5 cm³/mol. The van der Waals surface area contributed by atoms with Gasteiger partial charge in [0.25, 0.3) is 0 Å². The van der Waals surface area contributed by atoms with Crippen LogP contribution in [0.15, 0.2) is 41.2 Å². The first-order valence-corrected chi connectivity index (χ1v) is 8.20. The number of benzene rings is 1. The molecule has 0 aliphatic rings. The normalized spacial score (nSPS) is 10.8. The smallest absolute Gasteiger partial charge is 0.341 e. The Morgan fingerprint density at radius 3 is 2.23 bits per heavy atom. The second kappa shape index (κ2) is 6.87. The molecule has 0 fully saturated rings. The third kappa shape index (κ3) is 2.77. The number of nitrogens with two attached hydrogens (primary N) is 1. The lowest BCUT2D eigenvalue weighted by Gasteiger charge is -2.16. The SMILES string of the molecule is CCOC(=O)c1cc(C(=O)OCC)c2cc(=O)c3ccccc3n2c1N. The number of para-hydroxylation sites is 1. The van der Waals surface area contributed by atoms with E-state index in [-0.39, 0.29) is 41.1 Å². The summed E-state index contributed by atoms with van der Waals surface area (Å²) in [5, 5.41) is 0.424. The summed E-state index contributed by atoms with van der Waals surface area (Å²) in [6.07, 6.45) is 0. The highest BCUT2D eigenvalue weighted by atomic mass is 16.5. The van der Waals surface area contributed by atoms with Crippen LogP contribution in [0.2, 0.25) is 0 Å². The molecule has 7 heteroatoms. The lowest BCUT2D eigenvalue weighted by atomic mass is 10.1. The van der Waals surface area contributed by atoms with E-state index < -0.39 is 11.9 Å². The number of esters is 2. The highest BCUT2D eigenvalue weighted by Gasteiger charge is 2.22. The molecule has 1 aromatic carbocycles. The Morgan fingerprint density at radius 1 is 0.962 bits per heavy atom. The second-order valence-electron chi connectivity index (χ2n) is 5.54. The van der Waals surface area contributed by atoms with Gasteiger partial charge in [-0.3, -0.25) is 9.20 Å². The van der Waals surface area contributed by atoms with Gasteiger partial charge < -0.3 is 15.2 Å². The summed E-state index contributed by atoms with van der Waals surface area (Å²) in [6.45, 7) is 3.66. The molecule has 0 amide bonds. The Hall–Kier alpha value is -3.35. The van der Waals surface area contributed by atoms with Crippen LogP contribution in [-0.4, -0.2) is 29.6 Å². The number of carbonyl (C=O) groups excluding carboxylic acids is 2. The van der Waals surface area contributed by atoms with Crippen LogP contribution in [0.25, 0.3) is 16.4 Å². The third-order valence-corrected chi connectivity index (χ3v) is 3.99. The topological polar surface area (TPSA) is 100 Å². The van der Waals surface area contributed by atoms with Crippen LogP contribution < -0.4 is 11.2 Å². The Morgan fingerprint density at radius 2 is 1.58 bits per heavy atom. The number of ether oxygens (including phenoxy) is 2. The lowest BCUT2D eigenvalue weighted by molar-refractivity contribution is 0.0526. The van der Waals surface area contributed by atoms with Crippen LogP contribution >= 0.6 is 0 Å². The Bertz CT molecular complexity index is 1080. The van der Waals surface area contributed by atoms with E-state index in [1.165, 1.54) is 16.5 Å². The van der Waals surface area contributed by atoms with Gasteiger partial charge >= 0.3 is 11.9 Å². The van der Waals surface area contributed by atoms with Gasteiger partial charge in [-0.15, -0.1) is 0 Å². The predicted octanol–water partition coefficient (Wildman–Crippen LogP) is 2.39. The minimum Gasteiger partial charge on any atom is -0.462 e. The van der Waals surface area contributed by atoms with Crippen molar-refractivity contribution in [1.29, 1.82) is 0 Å². The molecule has 0 aliphatic heterocycles. The number of aromatic nitrogens is 1. The summed E-state index contributed by atoms with van der Waals surface area (Å²) in [5.41, 5.74) is 6.84. The van der Waals surface area contributed by atoms with Gasteiger partial charge in [0, 0.05) is 11.5 Å². The van der Waals surface area contributed by atoms with Crippen LogP contribution in [0.5, 0.6) is 0 Å². The molecule has 26 heavy (non-hydrogen) atoms. The first kappa shape index (κ1) is 17.5. The van der Waals surface area contributed by atoms with Crippen molar-refractivity contribution in [3.8, 4) is 0 Å². The zero-order chi connectivity index (χ0) is 18.8. The van der Waals surface area contributed by atoms with Crippen molar-refractivity contribution in [3.05, 3.63) is 57.7 Å². The number of nitrogen functional groups attached to an aromatic ring is 1. The van der Waals surface area contributed by atoms with Gasteiger partial charge in [0.05, 0.1) is 29.8 Å². The molecule has 0 saturated heterocycles. The minimum atomic E-state index is -0.653. The van der Waals surface area contributed by atoms with Crippen molar-refractivity contribution in [2.75, 3.05) is 18.9 Å². The van der Waals surface area contributed by atoms with Crippen LogP contribution in [0.1, 0.15) is 34.6 Å². The zero-order valence-corrected chi connectivity index (χ0v) is 14.4. The fourth-order valence-corrected chi connectivity index (χ4v) is 2.89. The summed E-state index contributed by atoms with van der Waals surface area (Å²) in [5.74, 6) is -1.21.